The van der Waals surface area contributed by atoms with Gasteiger partial charge < -0.3 is 9.47 Å². The van der Waals surface area contributed by atoms with Gasteiger partial charge in [0.05, 0.1) is 22.0 Å². The van der Waals surface area contributed by atoms with Gasteiger partial charge in [-0.25, -0.2) is 4.98 Å². The average molecular weight is 320 g/mol. The van der Waals surface area contributed by atoms with Crippen LogP contribution in [0.4, 0.5) is 13.2 Å². The minimum atomic E-state index is -4.37. The lowest BCUT2D eigenvalue weighted by Crippen LogP contribution is -2.19. The molecule has 2 rings (SSSR count). The van der Waals surface area contributed by atoms with Gasteiger partial charge in [-0.1, -0.05) is 0 Å². The number of hydrogen-bond acceptors (Lipinski definition) is 2. The minimum Gasteiger partial charge on any atom is -0.325 e. The van der Waals surface area contributed by atoms with Crippen molar-refractivity contribution < 1.29 is 13.2 Å². The summed E-state index contributed by atoms with van der Waals surface area (Å²) in [5.41, 5.74) is 0.305. The zero-order chi connectivity index (χ0) is 15.8. The predicted octanol–water partition coefficient (Wildman–Crippen LogP) is 3.92. The Morgan fingerprint density at radius 3 is 2.52 bits per heavy atom. The Morgan fingerprint density at radius 1 is 1.33 bits per heavy atom. The van der Waals surface area contributed by atoms with Gasteiger partial charge in [-0.15, -0.1) is 11.6 Å². The summed E-state index contributed by atoms with van der Waals surface area (Å²) < 4.78 is 40.2. The first-order chi connectivity index (χ1) is 9.70. The summed E-state index contributed by atoms with van der Waals surface area (Å²) in [6.07, 6.45) is -4.37. The molecule has 0 bridgehead atoms. The third-order valence-corrected chi connectivity index (χ3v) is 3.43. The Bertz CT molecular complexity index is 632. The van der Waals surface area contributed by atoms with Crippen molar-refractivity contribution in [3.05, 3.63) is 29.6 Å². The summed E-state index contributed by atoms with van der Waals surface area (Å²) in [6.45, 7) is 3.14. The fourth-order valence-corrected chi connectivity index (χ4v) is 2.33. The fourth-order valence-electron chi connectivity index (χ4n) is 2.16. The summed E-state index contributed by atoms with van der Waals surface area (Å²) in [5.74, 6) is 0.591. The Kier molecular flexibility index (Phi) is 4.49. The third-order valence-electron chi connectivity index (χ3n) is 3.23. The monoisotopic (exact) mass is 319 g/mol. The van der Waals surface area contributed by atoms with Crippen LogP contribution in [0.2, 0.25) is 0 Å². The molecule has 0 spiro atoms. The first-order valence-electron chi connectivity index (χ1n) is 6.56. The maximum absolute atomic E-state index is 12.8. The van der Waals surface area contributed by atoms with E-state index >= 15 is 0 Å². The van der Waals surface area contributed by atoms with Gasteiger partial charge in [-0.2, -0.15) is 13.2 Å². The first kappa shape index (κ1) is 16.1. The van der Waals surface area contributed by atoms with Crippen LogP contribution in [0.1, 0.15) is 23.7 Å². The second-order valence-electron chi connectivity index (χ2n) is 5.24. The van der Waals surface area contributed by atoms with Crippen LogP contribution in [-0.4, -0.2) is 35.1 Å². The standard InChI is InChI=1S/C14H17ClF3N3/c1-9(15)13-19-11-8-10(14(16,17)18)4-5-12(11)21(13)7-6-20(2)3/h4-5,8-9H,6-7H2,1-3H3. The van der Waals surface area contributed by atoms with Gasteiger partial charge in [0, 0.05) is 13.1 Å². The van der Waals surface area contributed by atoms with Gasteiger partial charge in [-0.05, 0) is 39.2 Å². The highest BCUT2D eigenvalue weighted by Crippen LogP contribution is 2.32. The molecule has 0 saturated carbocycles. The fraction of sp³-hybridized carbons (Fsp3) is 0.500. The van der Waals surface area contributed by atoms with Gasteiger partial charge in [0.2, 0.25) is 0 Å². The lowest BCUT2D eigenvalue weighted by molar-refractivity contribution is -0.137. The van der Waals surface area contributed by atoms with E-state index in [-0.39, 0.29) is 5.38 Å². The van der Waals surface area contributed by atoms with Crippen molar-refractivity contribution in [3.63, 3.8) is 0 Å². The molecule has 1 atom stereocenters. The molecule has 0 aliphatic carbocycles. The number of halogens is 4. The first-order valence-corrected chi connectivity index (χ1v) is 7.00. The molecule has 0 aliphatic heterocycles. The van der Waals surface area contributed by atoms with Crippen LogP contribution >= 0.6 is 11.6 Å². The number of likely N-dealkylation sites (N-methyl/N-ethyl adjacent to an activating group) is 1. The van der Waals surface area contributed by atoms with Crippen LogP contribution in [0.5, 0.6) is 0 Å². The number of fused-ring (bicyclic) bond motifs is 1. The van der Waals surface area contributed by atoms with E-state index in [0.717, 1.165) is 18.7 Å². The second-order valence-corrected chi connectivity index (χ2v) is 5.90. The molecule has 0 N–H and O–H groups in total. The second kappa shape index (κ2) is 5.85. The van der Waals surface area contributed by atoms with Crippen LogP contribution in [0.15, 0.2) is 18.2 Å². The van der Waals surface area contributed by atoms with E-state index in [1.165, 1.54) is 6.07 Å². The lowest BCUT2D eigenvalue weighted by Gasteiger charge is -2.14. The summed E-state index contributed by atoms with van der Waals surface area (Å²) in [6, 6.07) is 3.62. The highest BCUT2D eigenvalue weighted by atomic mass is 35.5. The van der Waals surface area contributed by atoms with Gasteiger partial charge in [-0.3, -0.25) is 0 Å². The SMILES string of the molecule is CC(Cl)c1nc2cc(C(F)(F)F)ccc2n1CCN(C)C. The Balaban J connectivity index is 2.52. The van der Waals surface area contributed by atoms with E-state index in [4.69, 9.17) is 11.6 Å². The molecule has 1 unspecified atom stereocenters. The molecule has 1 aromatic carbocycles. The van der Waals surface area contributed by atoms with Crippen LogP contribution in [0.25, 0.3) is 11.0 Å². The maximum Gasteiger partial charge on any atom is 0.416 e. The van der Waals surface area contributed by atoms with Gasteiger partial charge in [0.25, 0.3) is 0 Å². The highest BCUT2D eigenvalue weighted by molar-refractivity contribution is 6.20. The topological polar surface area (TPSA) is 21.1 Å². The molecule has 1 aromatic heterocycles. The van der Waals surface area contributed by atoms with Crippen molar-refractivity contribution >= 4 is 22.6 Å². The summed E-state index contributed by atoms with van der Waals surface area (Å²) >= 11 is 6.11. The molecule has 3 nitrogen and oxygen atoms in total. The van der Waals surface area contributed by atoms with E-state index in [0.29, 0.717) is 23.4 Å². The number of rotatable bonds is 4. The van der Waals surface area contributed by atoms with Crippen molar-refractivity contribution in [2.24, 2.45) is 0 Å². The van der Waals surface area contributed by atoms with Crippen LogP contribution in [-0.2, 0) is 12.7 Å². The lowest BCUT2D eigenvalue weighted by atomic mass is 10.2. The number of benzene rings is 1. The molecule has 0 amide bonds. The van der Waals surface area contributed by atoms with E-state index in [2.05, 4.69) is 4.98 Å². The summed E-state index contributed by atoms with van der Waals surface area (Å²) in [4.78, 5) is 6.28. The van der Waals surface area contributed by atoms with E-state index in [1.807, 2.05) is 23.6 Å². The Hall–Kier alpha value is -1.27. The molecule has 1 heterocycles. The Labute approximate surface area is 126 Å². The van der Waals surface area contributed by atoms with Crippen LogP contribution < -0.4 is 0 Å². The number of nitrogens with zero attached hydrogens (tertiary/aromatic N) is 3. The molecule has 116 valence electrons. The normalized spacial score (nSPS) is 14.1. The highest BCUT2D eigenvalue weighted by Gasteiger charge is 2.31. The molecule has 0 aliphatic rings. The number of hydrogen-bond donors (Lipinski definition) is 0. The zero-order valence-corrected chi connectivity index (χ0v) is 12.8. The largest absolute Gasteiger partial charge is 0.416 e. The molecule has 21 heavy (non-hydrogen) atoms. The summed E-state index contributed by atoms with van der Waals surface area (Å²) in [7, 11) is 3.87. The van der Waals surface area contributed by atoms with Gasteiger partial charge in [0.15, 0.2) is 0 Å². The Morgan fingerprint density at radius 2 is 2.00 bits per heavy atom. The molecular formula is C14H17ClF3N3. The number of imidazole rings is 1. The zero-order valence-electron chi connectivity index (χ0n) is 12.1. The maximum atomic E-state index is 12.8. The van der Waals surface area contributed by atoms with E-state index < -0.39 is 11.7 Å². The van der Waals surface area contributed by atoms with Gasteiger partial charge in [0.1, 0.15) is 5.82 Å². The minimum absolute atomic E-state index is 0.325. The molecule has 2 aromatic rings. The number of alkyl halides is 4. The molecule has 0 fully saturated rings. The van der Waals surface area contributed by atoms with Crippen molar-refractivity contribution in [2.75, 3.05) is 20.6 Å². The van der Waals surface area contributed by atoms with E-state index in [1.54, 1.807) is 6.92 Å². The van der Waals surface area contributed by atoms with E-state index in [9.17, 15) is 13.2 Å². The third kappa shape index (κ3) is 3.49. The predicted molar refractivity (Wildman–Crippen MR) is 77.6 cm³/mol. The average Bonchev–Trinajstić information content (AvgIpc) is 2.73. The quantitative estimate of drug-likeness (QED) is 0.797. The summed E-state index contributed by atoms with van der Waals surface area (Å²) in [5, 5.41) is -0.367. The van der Waals surface area contributed by atoms with Crippen molar-refractivity contribution in [2.45, 2.75) is 25.0 Å². The molecule has 7 heteroatoms. The van der Waals surface area contributed by atoms with Crippen LogP contribution in [0.3, 0.4) is 0 Å². The smallest absolute Gasteiger partial charge is 0.325 e. The van der Waals surface area contributed by atoms with Crippen molar-refractivity contribution in [1.82, 2.24) is 14.5 Å². The van der Waals surface area contributed by atoms with Crippen LogP contribution in [0, 0.1) is 0 Å². The molecular weight excluding hydrogens is 303 g/mol. The van der Waals surface area contributed by atoms with Gasteiger partial charge >= 0.3 is 6.18 Å². The van der Waals surface area contributed by atoms with Crippen molar-refractivity contribution in [1.29, 1.82) is 0 Å². The molecule has 0 radical (unpaired) electrons. The van der Waals surface area contributed by atoms with Crippen molar-refractivity contribution in [3.8, 4) is 0 Å². The number of aromatic nitrogens is 2. The molecule has 0 saturated heterocycles.